The fourth-order valence-electron chi connectivity index (χ4n) is 3.78. The molecule has 0 aromatic heterocycles. The summed E-state index contributed by atoms with van der Waals surface area (Å²) in [5.41, 5.74) is 1.28. The first kappa shape index (κ1) is 24.4. The number of aliphatic hydroxyl groups excluding tert-OH is 2. The second-order valence-corrected chi connectivity index (χ2v) is 7.54. The van der Waals surface area contributed by atoms with E-state index in [9.17, 15) is 10.2 Å². The number of benzene rings is 1. The molecule has 0 aliphatic rings. The van der Waals surface area contributed by atoms with E-state index >= 15 is 0 Å². The molecule has 0 saturated carbocycles. The molecule has 2 atom stereocenters. The molecule has 0 aliphatic carbocycles. The van der Waals surface area contributed by atoms with Crippen molar-refractivity contribution < 1.29 is 27.1 Å². The summed E-state index contributed by atoms with van der Waals surface area (Å²) < 4.78 is 0.771. The van der Waals surface area contributed by atoms with Crippen LogP contribution in [0.4, 0.5) is 0 Å². The highest BCUT2D eigenvalue weighted by Crippen LogP contribution is 2.20. The molecule has 0 amide bonds. The Morgan fingerprint density at radius 2 is 1.36 bits per heavy atom. The summed E-state index contributed by atoms with van der Waals surface area (Å²) in [6.07, 6.45) is 6.92. The maximum Gasteiger partial charge on any atom is 0.105 e. The van der Waals surface area contributed by atoms with Crippen LogP contribution in [0.25, 0.3) is 0 Å². The highest BCUT2D eigenvalue weighted by Gasteiger charge is 2.30. The Morgan fingerprint density at radius 1 is 0.840 bits per heavy atom. The van der Waals surface area contributed by atoms with Gasteiger partial charge in [-0.05, 0) is 26.7 Å². The Bertz CT molecular complexity index is 413. The Kier molecular flexibility index (Phi) is 13.2. The predicted octanol–water partition coefficient (Wildman–Crippen LogP) is 1.13. The third kappa shape index (κ3) is 10.9. The molecule has 0 spiro atoms. The van der Waals surface area contributed by atoms with Gasteiger partial charge in [0.25, 0.3) is 0 Å². The van der Waals surface area contributed by atoms with Crippen LogP contribution in [0.1, 0.15) is 64.9 Å². The number of aliphatic hydroxyl groups is 2. The zero-order valence-corrected chi connectivity index (χ0v) is 17.1. The highest BCUT2D eigenvalue weighted by atomic mass is 35.5. The van der Waals surface area contributed by atoms with Crippen LogP contribution in [0, 0.1) is 0 Å². The average molecular weight is 372 g/mol. The molecule has 0 fully saturated rings. The van der Waals surface area contributed by atoms with Crippen molar-refractivity contribution in [3.8, 4) is 0 Å². The first-order chi connectivity index (χ1) is 11.5. The number of hydrogen-bond acceptors (Lipinski definition) is 2. The number of quaternary nitrogens is 1. The van der Waals surface area contributed by atoms with Gasteiger partial charge in [-0.15, -0.1) is 0 Å². The molecule has 0 saturated heterocycles. The third-order valence-electron chi connectivity index (χ3n) is 4.65. The van der Waals surface area contributed by atoms with Gasteiger partial charge in [0.05, 0.1) is 6.54 Å². The normalized spacial score (nSPS) is 15.9. The van der Waals surface area contributed by atoms with Gasteiger partial charge in [0.2, 0.25) is 0 Å². The summed E-state index contributed by atoms with van der Waals surface area (Å²) in [4.78, 5) is 0. The summed E-state index contributed by atoms with van der Waals surface area (Å²) in [6.45, 7) is 9.28. The Hall–Kier alpha value is -0.610. The van der Waals surface area contributed by atoms with Crippen LogP contribution >= 0.6 is 0 Å². The molecular formula is C21H38ClNO2. The smallest absolute Gasteiger partial charge is 0.105 e. The topological polar surface area (TPSA) is 40.5 Å². The Morgan fingerprint density at radius 3 is 1.88 bits per heavy atom. The lowest BCUT2D eigenvalue weighted by Crippen LogP contribution is -3.00. The first-order valence-electron chi connectivity index (χ1n) is 9.72. The molecule has 2 unspecified atom stereocenters. The van der Waals surface area contributed by atoms with Gasteiger partial charge in [-0.25, -0.2) is 0 Å². The van der Waals surface area contributed by atoms with Crippen molar-refractivity contribution in [1.82, 2.24) is 0 Å². The quantitative estimate of drug-likeness (QED) is 0.403. The van der Waals surface area contributed by atoms with Crippen LogP contribution in [0.5, 0.6) is 0 Å². The van der Waals surface area contributed by atoms with Crippen molar-refractivity contribution in [3.05, 3.63) is 35.9 Å². The number of hydrogen-bond donors (Lipinski definition) is 2. The van der Waals surface area contributed by atoms with Gasteiger partial charge in [0.15, 0.2) is 0 Å². The van der Waals surface area contributed by atoms with Crippen LogP contribution in [0.2, 0.25) is 0 Å². The molecule has 0 radical (unpaired) electrons. The SMILES string of the molecule is CCCCCCCC[N+](Cc1ccccc1)(CC(C)O)CC(C)O.[Cl-]. The van der Waals surface area contributed by atoms with Crippen LogP contribution < -0.4 is 12.4 Å². The summed E-state index contributed by atoms with van der Waals surface area (Å²) in [6, 6.07) is 10.5. The molecule has 1 aromatic rings. The molecule has 0 bridgehead atoms. The lowest BCUT2D eigenvalue weighted by Gasteiger charge is -2.41. The Balaban J connectivity index is 0.00000576. The molecular weight excluding hydrogens is 334 g/mol. The fraction of sp³-hybridized carbons (Fsp3) is 0.714. The molecule has 1 aromatic carbocycles. The van der Waals surface area contributed by atoms with Gasteiger partial charge >= 0.3 is 0 Å². The van der Waals surface area contributed by atoms with Gasteiger partial charge in [-0.3, -0.25) is 0 Å². The van der Waals surface area contributed by atoms with Gasteiger partial charge < -0.3 is 27.1 Å². The molecule has 25 heavy (non-hydrogen) atoms. The summed E-state index contributed by atoms with van der Waals surface area (Å²) in [5.74, 6) is 0. The second kappa shape index (κ2) is 13.6. The van der Waals surface area contributed by atoms with Crippen molar-refractivity contribution in [1.29, 1.82) is 0 Å². The van der Waals surface area contributed by atoms with Crippen molar-refractivity contribution in [2.45, 2.75) is 78.0 Å². The van der Waals surface area contributed by atoms with Gasteiger partial charge in [0.1, 0.15) is 31.8 Å². The molecule has 2 N–H and O–H groups in total. The monoisotopic (exact) mass is 371 g/mol. The number of rotatable bonds is 13. The fourth-order valence-corrected chi connectivity index (χ4v) is 3.78. The Labute approximate surface area is 161 Å². The molecule has 146 valence electrons. The van der Waals surface area contributed by atoms with Crippen LogP contribution in [-0.4, -0.2) is 46.5 Å². The van der Waals surface area contributed by atoms with E-state index in [2.05, 4.69) is 31.2 Å². The van der Waals surface area contributed by atoms with Crippen molar-refractivity contribution in [2.24, 2.45) is 0 Å². The van der Waals surface area contributed by atoms with E-state index < -0.39 is 0 Å². The standard InChI is InChI=1S/C21H38NO2.ClH/c1-4-5-6-7-8-12-15-22(16-19(2)23,17-20(3)24)18-21-13-10-9-11-14-21;/h9-11,13-14,19-20,23-24H,4-8,12,15-18H2,1-3H3;1H/q+1;/p-1. The number of halogens is 1. The van der Waals surface area contributed by atoms with Gasteiger partial charge in [-0.2, -0.15) is 0 Å². The van der Waals surface area contributed by atoms with E-state index in [0.29, 0.717) is 13.1 Å². The number of unbranched alkanes of at least 4 members (excludes halogenated alkanes) is 5. The zero-order chi connectivity index (χ0) is 17.8. The van der Waals surface area contributed by atoms with Crippen LogP contribution in [0.3, 0.4) is 0 Å². The maximum atomic E-state index is 10.1. The molecule has 3 nitrogen and oxygen atoms in total. The predicted molar refractivity (Wildman–Crippen MR) is 102 cm³/mol. The minimum Gasteiger partial charge on any atom is -1.00 e. The maximum absolute atomic E-state index is 10.1. The largest absolute Gasteiger partial charge is 1.00 e. The van der Waals surface area contributed by atoms with E-state index in [0.717, 1.165) is 24.0 Å². The lowest BCUT2D eigenvalue weighted by molar-refractivity contribution is -0.946. The average Bonchev–Trinajstić information content (AvgIpc) is 2.50. The first-order valence-corrected chi connectivity index (χ1v) is 9.72. The van der Waals surface area contributed by atoms with E-state index in [-0.39, 0.29) is 24.6 Å². The van der Waals surface area contributed by atoms with E-state index in [1.165, 1.54) is 37.7 Å². The molecule has 4 heteroatoms. The van der Waals surface area contributed by atoms with E-state index in [1.807, 2.05) is 19.9 Å². The molecule has 0 aliphatic heterocycles. The van der Waals surface area contributed by atoms with Crippen LogP contribution in [0.15, 0.2) is 30.3 Å². The van der Waals surface area contributed by atoms with Gasteiger partial charge in [0, 0.05) is 5.56 Å². The minimum absolute atomic E-state index is 0. The third-order valence-corrected chi connectivity index (χ3v) is 4.65. The van der Waals surface area contributed by atoms with E-state index in [1.54, 1.807) is 0 Å². The molecule has 0 heterocycles. The van der Waals surface area contributed by atoms with Crippen molar-refractivity contribution in [3.63, 3.8) is 0 Å². The minimum atomic E-state index is -0.354. The van der Waals surface area contributed by atoms with Crippen molar-refractivity contribution >= 4 is 0 Å². The van der Waals surface area contributed by atoms with Gasteiger partial charge in [-0.1, -0.05) is 62.9 Å². The van der Waals surface area contributed by atoms with E-state index in [4.69, 9.17) is 0 Å². The summed E-state index contributed by atoms with van der Waals surface area (Å²) in [7, 11) is 0. The zero-order valence-electron chi connectivity index (χ0n) is 16.3. The second-order valence-electron chi connectivity index (χ2n) is 7.54. The molecule has 1 rings (SSSR count). The summed E-state index contributed by atoms with van der Waals surface area (Å²) in [5, 5.41) is 20.1. The van der Waals surface area contributed by atoms with Crippen LogP contribution in [-0.2, 0) is 6.54 Å². The number of nitrogens with zero attached hydrogens (tertiary/aromatic N) is 1. The highest BCUT2D eigenvalue weighted by molar-refractivity contribution is 5.13. The lowest BCUT2D eigenvalue weighted by atomic mass is 10.1. The summed E-state index contributed by atoms with van der Waals surface area (Å²) >= 11 is 0. The van der Waals surface area contributed by atoms with Crippen molar-refractivity contribution in [2.75, 3.05) is 19.6 Å².